The number of amides is 1. The molecule has 0 aliphatic heterocycles. The third-order valence-electron chi connectivity index (χ3n) is 2.12. The summed E-state index contributed by atoms with van der Waals surface area (Å²) in [7, 11) is 0. The molecule has 4 nitrogen and oxygen atoms in total. The first kappa shape index (κ1) is 14.5. The lowest BCUT2D eigenvalue weighted by atomic mass is 10.3. The molecule has 7 heteroatoms. The van der Waals surface area contributed by atoms with E-state index in [4.69, 9.17) is 4.74 Å². The Hall–Kier alpha value is -0.920. The SMILES string of the molecule is Cc1csc(NC(=O)COc2ccc(Br)cc2Br)n1. The number of halogens is 2. The first-order chi connectivity index (χ1) is 9.04. The summed E-state index contributed by atoms with van der Waals surface area (Å²) in [5.74, 6) is 0.387. The second-order valence-electron chi connectivity index (χ2n) is 3.71. The van der Waals surface area contributed by atoms with Crippen molar-refractivity contribution in [1.29, 1.82) is 0 Å². The normalized spacial score (nSPS) is 10.3. The highest BCUT2D eigenvalue weighted by Crippen LogP contribution is 2.28. The van der Waals surface area contributed by atoms with E-state index >= 15 is 0 Å². The van der Waals surface area contributed by atoms with E-state index in [1.54, 1.807) is 6.07 Å². The number of nitrogens with zero attached hydrogens (tertiary/aromatic N) is 1. The van der Waals surface area contributed by atoms with Gasteiger partial charge in [0.2, 0.25) is 0 Å². The number of benzene rings is 1. The Kier molecular flexibility index (Phi) is 4.95. The molecule has 1 aromatic carbocycles. The van der Waals surface area contributed by atoms with Gasteiger partial charge in [-0.3, -0.25) is 10.1 Å². The van der Waals surface area contributed by atoms with Crippen LogP contribution in [0.4, 0.5) is 5.13 Å². The molecule has 0 fully saturated rings. The third-order valence-corrected chi connectivity index (χ3v) is 4.11. The highest BCUT2D eigenvalue weighted by molar-refractivity contribution is 9.11. The van der Waals surface area contributed by atoms with Crippen molar-refractivity contribution >= 4 is 54.2 Å². The average Bonchev–Trinajstić information content (AvgIpc) is 2.73. The number of carbonyl (C=O) groups excluding carboxylic acids is 1. The topological polar surface area (TPSA) is 51.2 Å². The molecule has 0 saturated carbocycles. The van der Waals surface area contributed by atoms with Gasteiger partial charge in [-0.1, -0.05) is 15.9 Å². The van der Waals surface area contributed by atoms with Gasteiger partial charge in [0.1, 0.15) is 5.75 Å². The summed E-state index contributed by atoms with van der Waals surface area (Å²) < 4.78 is 7.16. The fourth-order valence-corrected chi connectivity index (χ4v) is 3.17. The maximum atomic E-state index is 11.7. The van der Waals surface area contributed by atoms with Crippen LogP contribution in [0.15, 0.2) is 32.5 Å². The predicted molar refractivity (Wildman–Crippen MR) is 82.8 cm³/mol. The molecule has 0 bridgehead atoms. The van der Waals surface area contributed by atoms with Gasteiger partial charge in [-0.15, -0.1) is 11.3 Å². The van der Waals surface area contributed by atoms with Crippen LogP contribution in [0.2, 0.25) is 0 Å². The van der Waals surface area contributed by atoms with Crippen LogP contribution in [0.1, 0.15) is 5.69 Å². The van der Waals surface area contributed by atoms with E-state index in [9.17, 15) is 4.79 Å². The monoisotopic (exact) mass is 404 g/mol. The van der Waals surface area contributed by atoms with Crippen LogP contribution in [0.3, 0.4) is 0 Å². The first-order valence-electron chi connectivity index (χ1n) is 5.34. The van der Waals surface area contributed by atoms with Crippen molar-refractivity contribution in [2.24, 2.45) is 0 Å². The van der Waals surface area contributed by atoms with E-state index in [0.717, 1.165) is 14.6 Å². The van der Waals surface area contributed by atoms with Gasteiger partial charge >= 0.3 is 0 Å². The summed E-state index contributed by atoms with van der Waals surface area (Å²) in [6.45, 7) is 1.82. The van der Waals surface area contributed by atoms with Gasteiger partial charge in [0.25, 0.3) is 5.91 Å². The third kappa shape index (κ3) is 4.29. The number of hydrogen-bond donors (Lipinski definition) is 1. The maximum absolute atomic E-state index is 11.7. The van der Waals surface area contributed by atoms with E-state index in [-0.39, 0.29) is 12.5 Å². The van der Waals surface area contributed by atoms with Crippen LogP contribution in [0, 0.1) is 6.92 Å². The summed E-state index contributed by atoms with van der Waals surface area (Å²) in [5.41, 5.74) is 0.886. The average molecular weight is 406 g/mol. The number of aryl methyl sites for hydroxylation is 1. The quantitative estimate of drug-likeness (QED) is 0.836. The van der Waals surface area contributed by atoms with Gasteiger partial charge in [0, 0.05) is 9.85 Å². The van der Waals surface area contributed by atoms with E-state index in [1.165, 1.54) is 11.3 Å². The Bertz CT molecular complexity index is 601. The van der Waals surface area contributed by atoms with Crippen LogP contribution in [0.25, 0.3) is 0 Å². The zero-order valence-electron chi connectivity index (χ0n) is 9.94. The smallest absolute Gasteiger partial charge is 0.264 e. The molecule has 2 rings (SSSR count). The molecule has 19 heavy (non-hydrogen) atoms. The van der Waals surface area contributed by atoms with Crippen molar-refractivity contribution in [3.05, 3.63) is 38.2 Å². The van der Waals surface area contributed by atoms with Gasteiger partial charge in [-0.25, -0.2) is 4.98 Å². The summed E-state index contributed by atoms with van der Waals surface area (Å²) >= 11 is 8.11. The molecule has 1 aromatic heterocycles. The molecule has 0 atom stereocenters. The van der Waals surface area contributed by atoms with Crippen LogP contribution in [0.5, 0.6) is 5.75 Å². The zero-order chi connectivity index (χ0) is 13.8. The van der Waals surface area contributed by atoms with Crippen molar-refractivity contribution in [3.8, 4) is 5.75 Å². The molecule has 0 aliphatic rings. The Labute approximate surface area is 131 Å². The highest BCUT2D eigenvalue weighted by Gasteiger charge is 2.08. The molecule has 0 unspecified atom stereocenters. The molecule has 0 aliphatic carbocycles. The molecular weight excluding hydrogens is 396 g/mol. The Morgan fingerprint density at radius 2 is 2.26 bits per heavy atom. The summed E-state index contributed by atoms with van der Waals surface area (Å²) in [5, 5.41) is 5.14. The molecule has 1 amide bonds. The number of hydrogen-bond acceptors (Lipinski definition) is 4. The van der Waals surface area contributed by atoms with Crippen LogP contribution in [-0.4, -0.2) is 17.5 Å². The van der Waals surface area contributed by atoms with Crippen molar-refractivity contribution in [1.82, 2.24) is 4.98 Å². The number of carbonyl (C=O) groups is 1. The molecule has 2 aromatic rings. The molecule has 1 N–H and O–H groups in total. The van der Waals surface area contributed by atoms with E-state index < -0.39 is 0 Å². The minimum absolute atomic E-state index is 0.0567. The van der Waals surface area contributed by atoms with Crippen LogP contribution in [-0.2, 0) is 4.79 Å². The number of thiazole rings is 1. The Balaban J connectivity index is 1.89. The fraction of sp³-hybridized carbons (Fsp3) is 0.167. The largest absolute Gasteiger partial charge is 0.483 e. The second kappa shape index (κ2) is 6.49. The van der Waals surface area contributed by atoms with Gasteiger partial charge in [-0.2, -0.15) is 0 Å². The molecule has 0 spiro atoms. The minimum Gasteiger partial charge on any atom is -0.483 e. The fourth-order valence-electron chi connectivity index (χ4n) is 1.30. The van der Waals surface area contributed by atoms with Gasteiger partial charge in [0.15, 0.2) is 11.7 Å². The summed E-state index contributed by atoms with van der Waals surface area (Å²) in [6, 6.07) is 5.49. The van der Waals surface area contributed by atoms with E-state index in [1.807, 2.05) is 24.4 Å². The Morgan fingerprint density at radius 1 is 1.47 bits per heavy atom. The van der Waals surface area contributed by atoms with Crippen LogP contribution >= 0.6 is 43.2 Å². The summed E-state index contributed by atoms with van der Waals surface area (Å²) in [4.78, 5) is 15.8. The standard InChI is InChI=1S/C12H10Br2N2O2S/c1-7-6-19-12(15-7)16-11(17)5-18-10-3-2-8(13)4-9(10)14/h2-4,6H,5H2,1H3,(H,15,16,17). The lowest BCUT2D eigenvalue weighted by Gasteiger charge is -2.07. The van der Waals surface area contributed by atoms with E-state index in [2.05, 4.69) is 42.2 Å². The zero-order valence-corrected chi connectivity index (χ0v) is 13.9. The number of nitrogens with one attached hydrogen (secondary N) is 1. The first-order valence-corrected chi connectivity index (χ1v) is 7.81. The molecule has 0 radical (unpaired) electrons. The lowest BCUT2D eigenvalue weighted by Crippen LogP contribution is -2.20. The number of ether oxygens (including phenoxy) is 1. The Morgan fingerprint density at radius 3 is 2.89 bits per heavy atom. The summed E-state index contributed by atoms with van der Waals surface area (Å²) in [6.07, 6.45) is 0. The number of rotatable bonds is 4. The van der Waals surface area contributed by atoms with Crippen molar-refractivity contribution in [2.45, 2.75) is 6.92 Å². The predicted octanol–water partition coefficient (Wildman–Crippen LogP) is 3.99. The maximum Gasteiger partial charge on any atom is 0.264 e. The highest BCUT2D eigenvalue weighted by atomic mass is 79.9. The molecule has 1 heterocycles. The number of aromatic nitrogens is 1. The minimum atomic E-state index is -0.232. The molecular formula is C12H10Br2N2O2S. The lowest BCUT2D eigenvalue weighted by molar-refractivity contribution is -0.118. The van der Waals surface area contributed by atoms with Gasteiger partial charge in [-0.05, 0) is 41.1 Å². The van der Waals surface area contributed by atoms with Crippen LogP contribution < -0.4 is 10.1 Å². The second-order valence-corrected chi connectivity index (χ2v) is 6.33. The van der Waals surface area contributed by atoms with Gasteiger partial charge < -0.3 is 4.74 Å². The van der Waals surface area contributed by atoms with Crippen molar-refractivity contribution in [3.63, 3.8) is 0 Å². The van der Waals surface area contributed by atoms with Crippen molar-refractivity contribution < 1.29 is 9.53 Å². The van der Waals surface area contributed by atoms with E-state index in [0.29, 0.717) is 10.9 Å². The van der Waals surface area contributed by atoms with Gasteiger partial charge in [0.05, 0.1) is 10.2 Å². The number of anilines is 1. The molecule has 0 saturated heterocycles. The van der Waals surface area contributed by atoms with Crippen molar-refractivity contribution in [2.75, 3.05) is 11.9 Å². The molecule has 100 valence electrons.